The topological polar surface area (TPSA) is 66.4 Å². The van der Waals surface area contributed by atoms with E-state index in [2.05, 4.69) is 11.9 Å². The molecule has 0 fully saturated rings. The van der Waals surface area contributed by atoms with Crippen molar-refractivity contribution in [2.75, 3.05) is 0 Å². The van der Waals surface area contributed by atoms with Crippen LogP contribution in [0.2, 0.25) is 0 Å². The fourth-order valence-corrected chi connectivity index (χ4v) is 2.07. The van der Waals surface area contributed by atoms with Gasteiger partial charge in [-0.3, -0.25) is 4.79 Å². The summed E-state index contributed by atoms with van der Waals surface area (Å²) in [5, 5.41) is 11.7. The summed E-state index contributed by atoms with van der Waals surface area (Å²) in [5.41, 5.74) is 2.46. The highest BCUT2D eigenvalue weighted by atomic mass is 16.4. The summed E-state index contributed by atoms with van der Waals surface area (Å²) in [6.07, 6.45) is 3.57. The summed E-state index contributed by atoms with van der Waals surface area (Å²) in [6.45, 7) is 7.41. The summed E-state index contributed by atoms with van der Waals surface area (Å²) in [5.74, 6) is -1.35. The minimum Gasteiger partial charge on any atom is -0.480 e. The number of benzene rings is 1. The molecule has 0 saturated heterocycles. The van der Waals surface area contributed by atoms with E-state index in [1.54, 1.807) is 18.2 Å². The lowest BCUT2D eigenvalue weighted by molar-refractivity contribution is -0.139. The van der Waals surface area contributed by atoms with Gasteiger partial charge in [0.1, 0.15) is 6.04 Å². The summed E-state index contributed by atoms with van der Waals surface area (Å²) < 4.78 is 0. The number of carboxylic acids is 1. The predicted molar refractivity (Wildman–Crippen MR) is 78.9 cm³/mol. The number of amides is 1. The van der Waals surface area contributed by atoms with E-state index >= 15 is 0 Å². The Balaban J connectivity index is 2.74. The summed E-state index contributed by atoms with van der Waals surface area (Å²) in [7, 11) is 0. The Morgan fingerprint density at radius 2 is 1.90 bits per heavy atom. The first-order chi connectivity index (χ1) is 9.43. The maximum Gasteiger partial charge on any atom is 0.326 e. The van der Waals surface area contributed by atoms with E-state index in [9.17, 15) is 9.59 Å². The molecule has 0 spiro atoms. The minimum absolute atomic E-state index is 0.345. The van der Waals surface area contributed by atoms with Crippen LogP contribution in [0.4, 0.5) is 0 Å². The van der Waals surface area contributed by atoms with Crippen molar-refractivity contribution in [3.8, 4) is 0 Å². The number of allylic oxidation sites excluding steroid dienone is 1. The zero-order valence-electron chi connectivity index (χ0n) is 12.0. The molecule has 4 heteroatoms. The first-order valence-corrected chi connectivity index (χ1v) is 6.67. The molecule has 1 aromatic carbocycles. The quantitative estimate of drug-likeness (QED) is 0.594. The molecule has 0 aromatic heterocycles. The average molecular weight is 275 g/mol. The molecule has 0 unspecified atom stereocenters. The molecule has 1 atom stereocenters. The lowest BCUT2D eigenvalue weighted by Gasteiger charge is -2.14. The molecular weight excluding hydrogens is 254 g/mol. The van der Waals surface area contributed by atoms with Gasteiger partial charge in [0, 0.05) is 5.56 Å². The van der Waals surface area contributed by atoms with Crippen molar-refractivity contribution < 1.29 is 14.7 Å². The van der Waals surface area contributed by atoms with Gasteiger partial charge in [-0.1, -0.05) is 23.3 Å². The summed E-state index contributed by atoms with van der Waals surface area (Å²) >= 11 is 0. The maximum absolute atomic E-state index is 12.1. The van der Waals surface area contributed by atoms with Gasteiger partial charge in [0.25, 0.3) is 5.91 Å². The van der Waals surface area contributed by atoms with Gasteiger partial charge in [-0.2, -0.15) is 0 Å². The Bertz CT molecular complexity index is 488. The van der Waals surface area contributed by atoms with E-state index in [0.717, 1.165) is 17.5 Å². The van der Waals surface area contributed by atoms with Gasteiger partial charge in [0.2, 0.25) is 0 Å². The van der Waals surface area contributed by atoms with Gasteiger partial charge in [-0.25, -0.2) is 4.79 Å². The third kappa shape index (κ3) is 4.88. The van der Waals surface area contributed by atoms with Gasteiger partial charge < -0.3 is 10.4 Å². The average Bonchev–Trinajstić information content (AvgIpc) is 2.36. The van der Waals surface area contributed by atoms with Crippen LogP contribution in [0.25, 0.3) is 0 Å². The lowest BCUT2D eigenvalue weighted by Crippen LogP contribution is -2.40. The first kappa shape index (κ1) is 16.0. The Labute approximate surface area is 119 Å². The van der Waals surface area contributed by atoms with Crippen LogP contribution in [-0.4, -0.2) is 23.0 Å². The second-order valence-corrected chi connectivity index (χ2v) is 4.96. The standard InChI is InChI=1S/C16H21NO3/c1-4-5-6-7-14(16(19)20)17-15(18)13-9-11(2)8-12(3)10-13/h4,8-10,14H,1,5-7H2,2-3H3,(H,17,18)(H,19,20)/t14-/m1/s1. The highest BCUT2D eigenvalue weighted by Crippen LogP contribution is 2.10. The van der Waals surface area contributed by atoms with E-state index in [0.29, 0.717) is 18.4 Å². The number of carbonyl (C=O) groups excluding carboxylic acids is 1. The number of aryl methyl sites for hydroxylation is 2. The van der Waals surface area contributed by atoms with Gasteiger partial charge in [-0.05, 0) is 45.2 Å². The van der Waals surface area contributed by atoms with Crippen LogP contribution in [0.15, 0.2) is 30.9 Å². The van der Waals surface area contributed by atoms with Crippen LogP contribution in [0.5, 0.6) is 0 Å². The largest absolute Gasteiger partial charge is 0.480 e. The van der Waals surface area contributed by atoms with Crippen LogP contribution in [0.3, 0.4) is 0 Å². The van der Waals surface area contributed by atoms with E-state index in [1.165, 1.54) is 0 Å². The maximum atomic E-state index is 12.1. The van der Waals surface area contributed by atoms with E-state index in [4.69, 9.17) is 5.11 Å². The molecule has 4 nitrogen and oxygen atoms in total. The van der Waals surface area contributed by atoms with Crippen LogP contribution in [-0.2, 0) is 4.79 Å². The molecule has 108 valence electrons. The second-order valence-electron chi connectivity index (χ2n) is 4.96. The molecule has 0 saturated carbocycles. The molecule has 0 bridgehead atoms. The monoisotopic (exact) mass is 275 g/mol. The summed E-state index contributed by atoms with van der Waals surface area (Å²) in [4.78, 5) is 23.3. The number of aliphatic carboxylic acids is 1. The first-order valence-electron chi connectivity index (χ1n) is 6.67. The number of hydrogen-bond donors (Lipinski definition) is 2. The van der Waals surface area contributed by atoms with Gasteiger partial charge in [0.05, 0.1) is 0 Å². The molecule has 0 radical (unpaired) electrons. The van der Waals surface area contributed by atoms with Crippen LogP contribution >= 0.6 is 0 Å². The third-order valence-electron chi connectivity index (χ3n) is 2.99. The van der Waals surface area contributed by atoms with Crippen LogP contribution in [0, 0.1) is 13.8 Å². The molecule has 1 aromatic rings. The molecule has 0 heterocycles. The second kappa shape index (κ2) is 7.48. The molecule has 0 aliphatic heterocycles. The van der Waals surface area contributed by atoms with Gasteiger partial charge in [-0.15, -0.1) is 6.58 Å². The number of carbonyl (C=O) groups is 2. The van der Waals surface area contributed by atoms with Crippen molar-refractivity contribution in [2.24, 2.45) is 0 Å². The fourth-order valence-electron chi connectivity index (χ4n) is 2.07. The lowest BCUT2D eigenvalue weighted by atomic mass is 10.1. The van der Waals surface area contributed by atoms with Crippen LogP contribution in [0.1, 0.15) is 40.7 Å². The zero-order chi connectivity index (χ0) is 15.1. The van der Waals surface area contributed by atoms with E-state index in [-0.39, 0.29) is 5.91 Å². The normalized spacial score (nSPS) is 11.7. The molecule has 2 N–H and O–H groups in total. The number of carboxylic acid groups (broad SMARTS) is 1. The zero-order valence-corrected chi connectivity index (χ0v) is 12.0. The molecule has 1 amide bonds. The molecule has 0 aliphatic rings. The van der Waals surface area contributed by atoms with Gasteiger partial charge in [0.15, 0.2) is 0 Å². The predicted octanol–water partition coefficient (Wildman–Crippen LogP) is 2.84. The van der Waals surface area contributed by atoms with Crippen molar-refractivity contribution in [3.05, 3.63) is 47.5 Å². The molecular formula is C16H21NO3. The number of unbranched alkanes of at least 4 members (excludes halogenated alkanes) is 1. The Hall–Kier alpha value is -2.10. The van der Waals surface area contributed by atoms with Crippen molar-refractivity contribution in [3.63, 3.8) is 0 Å². The van der Waals surface area contributed by atoms with E-state index < -0.39 is 12.0 Å². The minimum atomic E-state index is -1.01. The van der Waals surface area contributed by atoms with Crippen molar-refractivity contribution in [1.29, 1.82) is 0 Å². The molecule has 0 aliphatic carbocycles. The van der Waals surface area contributed by atoms with Gasteiger partial charge >= 0.3 is 5.97 Å². The molecule has 20 heavy (non-hydrogen) atoms. The SMILES string of the molecule is C=CCCC[C@@H](NC(=O)c1cc(C)cc(C)c1)C(=O)O. The Kier molecular flexibility index (Phi) is 5.97. The number of nitrogens with one attached hydrogen (secondary N) is 1. The van der Waals surface area contributed by atoms with Crippen LogP contribution < -0.4 is 5.32 Å². The Morgan fingerprint density at radius 3 is 2.40 bits per heavy atom. The fraction of sp³-hybridized carbons (Fsp3) is 0.375. The van der Waals surface area contributed by atoms with E-state index in [1.807, 2.05) is 19.9 Å². The number of hydrogen-bond acceptors (Lipinski definition) is 2. The van der Waals surface area contributed by atoms with Crippen molar-refractivity contribution in [1.82, 2.24) is 5.32 Å². The highest BCUT2D eigenvalue weighted by Gasteiger charge is 2.20. The summed E-state index contributed by atoms with van der Waals surface area (Å²) in [6, 6.07) is 4.62. The Morgan fingerprint density at radius 1 is 1.30 bits per heavy atom. The highest BCUT2D eigenvalue weighted by molar-refractivity contribution is 5.96. The van der Waals surface area contributed by atoms with Crippen molar-refractivity contribution >= 4 is 11.9 Å². The smallest absolute Gasteiger partial charge is 0.326 e. The number of rotatable bonds is 7. The third-order valence-corrected chi connectivity index (χ3v) is 2.99. The molecule has 1 rings (SSSR count). The van der Waals surface area contributed by atoms with Crippen molar-refractivity contribution in [2.45, 2.75) is 39.2 Å².